The molecule has 5 nitrogen and oxygen atoms in total. The molecule has 0 spiro atoms. The topological polar surface area (TPSA) is 84.2 Å². The second-order valence-corrected chi connectivity index (χ2v) is 6.44. The number of hydrogen-bond donors (Lipinski definition) is 4. The molecule has 0 unspecified atom stereocenters. The molecule has 3 rings (SSSR count). The molecule has 0 amide bonds. The van der Waals surface area contributed by atoms with Crippen LogP contribution < -0.4 is 4.90 Å². The Morgan fingerprint density at radius 2 is 1.31 bits per heavy atom. The van der Waals surface area contributed by atoms with Gasteiger partial charge in [-0.25, -0.2) is 0 Å². The lowest BCUT2D eigenvalue weighted by molar-refractivity contribution is -0.278. The highest BCUT2D eigenvalue weighted by Gasteiger charge is 2.52. The number of hydrogen-bond acceptors (Lipinski definition) is 5. The first-order chi connectivity index (χ1) is 12.0. The number of aliphatic hydroxyl groups is 4. The van der Waals surface area contributed by atoms with E-state index in [0.717, 1.165) is 12.1 Å². The monoisotopic (exact) mass is 369 g/mol. The van der Waals surface area contributed by atoms with Crippen molar-refractivity contribution in [2.24, 2.45) is 0 Å². The van der Waals surface area contributed by atoms with Crippen LogP contribution in [0.3, 0.4) is 0 Å². The molecular formula is C18H18F3NO4. The molecule has 1 fully saturated rings. The van der Waals surface area contributed by atoms with Gasteiger partial charge in [0.25, 0.3) is 11.8 Å². The van der Waals surface area contributed by atoms with Crippen LogP contribution in [0.4, 0.5) is 18.9 Å². The van der Waals surface area contributed by atoms with Crippen molar-refractivity contribution in [1.82, 2.24) is 0 Å². The van der Waals surface area contributed by atoms with Gasteiger partial charge in [0.2, 0.25) is 0 Å². The lowest BCUT2D eigenvalue weighted by Gasteiger charge is -2.50. The number of piperidine rings is 1. The smallest absolute Gasteiger partial charge is 0.349 e. The van der Waals surface area contributed by atoms with E-state index in [2.05, 4.69) is 0 Å². The summed E-state index contributed by atoms with van der Waals surface area (Å²) in [6, 6.07) is 12.0. The Morgan fingerprint density at radius 3 is 1.77 bits per heavy atom. The summed E-state index contributed by atoms with van der Waals surface area (Å²) in [5.74, 6) is -5.96. The van der Waals surface area contributed by atoms with Crippen molar-refractivity contribution in [3.05, 3.63) is 65.7 Å². The minimum atomic E-state index is -4.48. The fraction of sp³-hybridized carbons (Fsp3) is 0.333. The number of benzene rings is 2. The van der Waals surface area contributed by atoms with Crippen LogP contribution in [-0.2, 0) is 6.18 Å². The average Bonchev–Trinajstić information content (AvgIpc) is 2.53. The molecule has 1 aliphatic rings. The molecule has 2 aromatic rings. The fourth-order valence-corrected chi connectivity index (χ4v) is 3.37. The molecule has 0 atom stereocenters. The van der Waals surface area contributed by atoms with Gasteiger partial charge in [0.1, 0.15) is 0 Å². The molecule has 8 heteroatoms. The molecule has 0 aliphatic carbocycles. The van der Waals surface area contributed by atoms with Gasteiger partial charge < -0.3 is 20.4 Å². The molecule has 0 radical (unpaired) electrons. The number of alkyl halides is 3. The van der Waals surface area contributed by atoms with E-state index in [1.165, 1.54) is 24.3 Å². The molecule has 1 aliphatic heterocycles. The second-order valence-electron chi connectivity index (χ2n) is 6.44. The van der Waals surface area contributed by atoms with Crippen molar-refractivity contribution in [2.45, 2.75) is 36.8 Å². The molecular weight excluding hydrogens is 351 g/mol. The van der Waals surface area contributed by atoms with E-state index in [4.69, 9.17) is 0 Å². The standard InChI is InChI=1S/C18H18F3NO4/c19-18(20,21)14-8-6-12(7-9-14)13-10-16(23,24)22(17(25,26)11-13)15-4-2-1-3-5-15/h1-9,13,23-26H,10-11H2. The molecule has 4 N–H and O–H groups in total. The zero-order valence-corrected chi connectivity index (χ0v) is 13.6. The van der Waals surface area contributed by atoms with Crippen LogP contribution in [0.25, 0.3) is 0 Å². The average molecular weight is 369 g/mol. The fourth-order valence-electron chi connectivity index (χ4n) is 3.37. The molecule has 0 bridgehead atoms. The van der Waals surface area contributed by atoms with Crippen LogP contribution >= 0.6 is 0 Å². The van der Waals surface area contributed by atoms with Gasteiger partial charge >= 0.3 is 6.18 Å². The van der Waals surface area contributed by atoms with Crippen LogP contribution in [0, 0.1) is 0 Å². The van der Waals surface area contributed by atoms with E-state index < -0.39 is 29.5 Å². The maximum atomic E-state index is 12.7. The Morgan fingerprint density at radius 1 is 0.808 bits per heavy atom. The number of nitrogens with zero attached hydrogens (tertiary/aromatic N) is 1. The first kappa shape index (κ1) is 18.7. The second kappa shape index (κ2) is 6.24. The Hall–Kier alpha value is -2.13. The maximum Gasteiger partial charge on any atom is 0.416 e. The Kier molecular flexibility index (Phi) is 4.48. The SMILES string of the molecule is OC1(O)CC(c2ccc(C(F)(F)F)cc2)CC(O)(O)N1c1ccccc1. The van der Waals surface area contributed by atoms with Gasteiger partial charge in [-0.2, -0.15) is 13.2 Å². The zero-order chi connectivity index (χ0) is 19.2. The number of anilines is 1. The summed E-state index contributed by atoms with van der Waals surface area (Å²) < 4.78 is 38.0. The van der Waals surface area contributed by atoms with Crippen molar-refractivity contribution in [1.29, 1.82) is 0 Å². The van der Waals surface area contributed by atoms with Gasteiger partial charge in [-0.1, -0.05) is 30.3 Å². The van der Waals surface area contributed by atoms with E-state index in [-0.39, 0.29) is 18.5 Å². The van der Waals surface area contributed by atoms with E-state index in [1.54, 1.807) is 18.2 Å². The van der Waals surface area contributed by atoms with Gasteiger partial charge in [-0.05, 0) is 35.7 Å². The van der Waals surface area contributed by atoms with Crippen LogP contribution in [-0.4, -0.2) is 32.2 Å². The van der Waals surface area contributed by atoms with Crippen molar-refractivity contribution >= 4 is 5.69 Å². The van der Waals surface area contributed by atoms with Gasteiger partial charge in [-0.15, -0.1) is 0 Å². The molecule has 2 aromatic carbocycles. The summed E-state index contributed by atoms with van der Waals surface area (Å²) in [5.41, 5.74) is -0.291. The third-order valence-electron chi connectivity index (χ3n) is 4.48. The molecule has 0 aromatic heterocycles. The summed E-state index contributed by atoms with van der Waals surface area (Å²) in [7, 11) is 0. The van der Waals surface area contributed by atoms with Crippen molar-refractivity contribution in [3.63, 3.8) is 0 Å². The van der Waals surface area contributed by atoms with Crippen LogP contribution in [0.15, 0.2) is 54.6 Å². The van der Waals surface area contributed by atoms with Gasteiger partial charge in [0, 0.05) is 18.5 Å². The summed E-state index contributed by atoms with van der Waals surface area (Å²) in [4.78, 5) is 0.681. The van der Waals surface area contributed by atoms with Crippen LogP contribution in [0.2, 0.25) is 0 Å². The van der Waals surface area contributed by atoms with Gasteiger partial charge in [0.15, 0.2) is 0 Å². The Bertz CT molecular complexity index is 742. The first-order valence-electron chi connectivity index (χ1n) is 7.93. The highest BCUT2D eigenvalue weighted by molar-refractivity contribution is 5.50. The van der Waals surface area contributed by atoms with Crippen LogP contribution in [0.5, 0.6) is 0 Å². The third kappa shape index (κ3) is 3.54. The summed E-state index contributed by atoms with van der Waals surface area (Å²) in [6.45, 7) is 0. The Balaban J connectivity index is 1.90. The minimum absolute atomic E-state index is 0.188. The van der Waals surface area contributed by atoms with Gasteiger partial charge in [0.05, 0.1) is 5.56 Å². The van der Waals surface area contributed by atoms with Crippen molar-refractivity contribution in [2.75, 3.05) is 4.90 Å². The zero-order valence-electron chi connectivity index (χ0n) is 13.6. The summed E-state index contributed by atoms with van der Waals surface area (Å²) in [6.07, 6.45) is -5.10. The lowest BCUT2D eigenvalue weighted by Crippen LogP contribution is -2.66. The molecule has 140 valence electrons. The van der Waals surface area contributed by atoms with E-state index in [1.807, 2.05) is 0 Å². The highest BCUT2D eigenvalue weighted by Crippen LogP contribution is 2.44. The number of halogens is 3. The summed E-state index contributed by atoms with van der Waals surface area (Å²) in [5, 5.41) is 41.7. The van der Waals surface area contributed by atoms with Crippen molar-refractivity contribution in [3.8, 4) is 0 Å². The third-order valence-corrected chi connectivity index (χ3v) is 4.48. The Labute approximate surface area is 147 Å². The molecule has 26 heavy (non-hydrogen) atoms. The van der Waals surface area contributed by atoms with E-state index in [0.29, 0.717) is 10.5 Å². The maximum absolute atomic E-state index is 12.7. The van der Waals surface area contributed by atoms with E-state index in [9.17, 15) is 33.6 Å². The first-order valence-corrected chi connectivity index (χ1v) is 7.93. The predicted molar refractivity (Wildman–Crippen MR) is 86.7 cm³/mol. The predicted octanol–water partition coefficient (Wildman–Crippen LogP) is 2.37. The minimum Gasteiger partial charge on any atom is -0.349 e. The quantitative estimate of drug-likeness (QED) is 0.611. The normalized spacial score (nSPS) is 20.2. The lowest BCUT2D eigenvalue weighted by atomic mass is 9.84. The van der Waals surface area contributed by atoms with Crippen molar-refractivity contribution < 1.29 is 33.6 Å². The molecule has 1 saturated heterocycles. The number of para-hydroxylation sites is 1. The highest BCUT2D eigenvalue weighted by atomic mass is 19.4. The summed E-state index contributed by atoms with van der Waals surface area (Å²) >= 11 is 0. The largest absolute Gasteiger partial charge is 0.416 e. The number of rotatable bonds is 2. The van der Waals surface area contributed by atoms with Gasteiger partial charge in [-0.3, -0.25) is 4.90 Å². The van der Waals surface area contributed by atoms with Crippen LogP contribution in [0.1, 0.15) is 29.9 Å². The van der Waals surface area contributed by atoms with E-state index >= 15 is 0 Å². The molecule has 1 heterocycles. The molecule has 0 saturated carbocycles.